The molecule has 4 aromatic rings. The molecule has 0 aliphatic heterocycles. The van der Waals surface area contributed by atoms with Crippen LogP contribution in [-0.2, 0) is 11.2 Å². The average Bonchev–Trinajstić information content (AvgIpc) is 3.16. The SMILES string of the molecule is COc1ccc(-n2ccn3c(CCC(=O)Nc4cc(C)cc(C)c4)nnc3c2=O)cc1. The van der Waals surface area contributed by atoms with Crippen LogP contribution >= 0.6 is 0 Å². The van der Waals surface area contributed by atoms with Gasteiger partial charge in [-0.15, -0.1) is 10.2 Å². The molecule has 0 aliphatic carbocycles. The highest BCUT2D eigenvalue weighted by Crippen LogP contribution is 2.15. The van der Waals surface area contributed by atoms with Crippen LogP contribution in [0.2, 0.25) is 0 Å². The molecule has 1 amide bonds. The minimum absolute atomic E-state index is 0.117. The topological polar surface area (TPSA) is 90.5 Å². The molecule has 2 aromatic carbocycles. The fourth-order valence-corrected chi connectivity index (χ4v) is 3.55. The first-order valence-corrected chi connectivity index (χ1v) is 9.92. The summed E-state index contributed by atoms with van der Waals surface area (Å²) in [4.78, 5) is 25.2. The molecule has 1 N–H and O–H groups in total. The first kappa shape index (κ1) is 20.3. The van der Waals surface area contributed by atoms with Gasteiger partial charge in [0.15, 0.2) is 0 Å². The van der Waals surface area contributed by atoms with Crippen LogP contribution in [0.15, 0.2) is 59.7 Å². The van der Waals surface area contributed by atoms with E-state index in [2.05, 4.69) is 21.6 Å². The molecule has 0 saturated carbocycles. The van der Waals surface area contributed by atoms with Crippen molar-refractivity contribution in [2.45, 2.75) is 26.7 Å². The van der Waals surface area contributed by atoms with E-state index in [-0.39, 0.29) is 23.5 Å². The smallest absolute Gasteiger partial charge is 0.300 e. The van der Waals surface area contributed by atoms with E-state index < -0.39 is 0 Å². The number of rotatable bonds is 6. The summed E-state index contributed by atoms with van der Waals surface area (Å²) in [5.41, 5.74) is 3.58. The number of aryl methyl sites for hydroxylation is 3. The first-order valence-electron chi connectivity index (χ1n) is 9.92. The molecule has 0 atom stereocenters. The lowest BCUT2D eigenvalue weighted by Gasteiger charge is -2.08. The van der Waals surface area contributed by atoms with Gasteiger partial charge in [0.2, 0.25) is 11.6 Å². The number of hydrogen-bond donors (Lipinski definition) is 1. The second kappa shape index (κ2) is 8.43. The van der Waals surface area contributed by atoms with Gasteiger partial charge in [0, 0.05) is 36.6 Å². The Kier molecular flexibility index (Phi) is 5.53. The summed E-state index contributed by atoms with van der Waals surface area (Å²) in [6.45, 7) is 3.98. The van der Waals surface area contributed by atoms with E-state index >= 15 is 0 Å². The minimum atomic E-state index is -0.286. The van der Waals surface area contributed by atoms with E-state index in [0.29, 0.717) is 23.7 Å². The number of methoxy groups -OCH3 is 1. The monoisotopic (exact) mass is 417 g/mol. The predicted molar refractivity (Wildman–Crippen MR) is 118 cm³/mol. The molecule has 0 spiro atoms. The lowest BCUT2D eigenvalue weighted by molar-refractivity contribution is -0.116. The van der Waals surface area contributed by atoms with Crippen molar-refractivity contribution in [2.24, 2.45) is 0 Å². The first-order chi connectivity index (χ1) is 14.9. The maximum Gasteiger partial charge on any atom is 0.300 e. The number of ether oxygens (including phenoxy) is 1. The third kappa shape index (κ3) is 4.32. The number of carbonyl (C=O) groups excluding carboxylic acids is 1. The third-order valence-corrected chi connectivity index (χ3v) is 4.97. The largest absolute Gasteiger partial charge is 0.497 e. The normalized spacial score (nSPS) is 10.9. The van der Waals surface area contributed by atoms with Gasteiger partial charge in [-0.2, -0.15) is 0 Å². The molecule has 0 saturated heterocycles. The molecule has 0 aliphatic rings. The van der Waals surface area contributed by atoms with Crippen LogP contribution in [0, 0.1) is 13.8 Å². The van der Waals surface area contributed by atoms with Crippen molar-refractivity contribution in [3.63, 3.8) is 0 Å². The summed E-state index contributed by atoms with van der Waals surface area (Å²) < 4.78 is 8.29. The van der Waals surface area contributed by atoms with Crippen molar-refractivity contribution < 1.29 is 9.53 Å². The Balaban J connectivity index is 1.50. The zero-order valence-corrected chi connectivity index (χ0v) is 17.6. The molecule has 4 rings (SSSR count). The molecule has 8 nitrogen and oxygen atoms in total. The highest BCUT2D eigenvalue weighted by Gasteiger charge is 2.13. The van der Waals surface area contributed by atoms with Gasteiger partial charge in [-0.3, -0.25) is 18.6 Å². The zero-order chi connectivity index (χ0) is 22.0. The number of fused-ring (bicyclic) bond motifs is 1. The summed E-state index contributed by atoms with van der Waals surface area (Å²) in [6, 6.07) is 13.1. The number of nitrogens with zero attached hydrogens (tertiary/aromatic N) is 4. The summed E-state index contributed by atoms with van der Waals surface area (Å²) in [6.07, 6.45) is 4.00. The van der Waals surface area contributed by atoms with E-state index in [9.17, 15) is 9.59 Å². The summed E-state index contributed by atoms with van der Waals surface area (Å²) in [7, 11) is 1.59. The van der Waals surface area contributed by atoms with Crippen LogP contribution in [0.4, 0.5) is 5.69 Å². The van der Waals surface area contributed by atoms with Crippen molar-refractivity contribution in [1.82, 2.24) is 19.2 Å². The van der Waals surface area contributed by atoms with Crippen LogP contribution in [0.3, 0.4) is 0 Å². The number of amides is 1. The van der Waals surface area contributed by atoms with Gasteiger partial charge in [0.1, 0.15) is 11.6 Å². The van der Waals surface area contributed by atoms with E-state index in [1.807, 2.05) is 26.0 Å². The molecular formula is C23H23N5O3. The number of anilines is 1. The van der Waals surface area contributed by atoms with Crippen molar-refractivity contribution in [2.75, 3.05) is 12.4 Å². The van der Waals surface area contributed by atoms with E-state index in [1.165, 1.54) is 4.57 Å². The average molecular weight is 417 g/mol. The summed E-state index contributed by atoms with van der Waals surface area (Å²) in [5.74, 6) is 1.15. The summed E-state index contributed by atoms with van der Waals surface area (Å²) in [5, 5.41) is 11.1. The van der Waals surface area contributed by atoms with Crippen LogP contribution in [-0.4, -0.2) is 32.2 Å². The number of hydrogen-bond acceptors (Lipinski definition) is 5. The molecule has 0 bridgehead atoms. The van der Waals surface area contributed by atoms with Gasteiger partial charge in [-0.25, -0.2) is 0 Å². The highest BCUT2D eigenvalue weighted by atomic mass is 16.5. The lowest BCUT2D eigenvalue weighted by Crippen LogP contribution is -2.20. The second-order valence-electron chi connectivity index (χ2n) is 7.41. The van der Waals surface area contributed by atoms with Crippen molar-refractivity contribution in [3.8, 4) is 11.4 Å². The quantitative estimate of drug-likeness (QED) is 0.521. The Morgan fingerprint density at radius 1 is 1.03 bits per heavy atom. The second-order valence-corrected chi connectivity index (χ2v) is 7.41. The van der Waals surface area contributed by atoms with E-state index in [1.54, 1.807) is 48.2 Å². The van der Waals surface area contributed by atoms with Gasteiger partial charge in [-0.1, -0.05) is 6.07 Å². The number of aromatic nitrogens is 4. The minimum Gasteiger partial charge on any atom is -0.497 e. The summed E-state index contributed by atoms with van der Waals surface area (Å²) >= 11 is 0. The molecule has 0 fully saturated rings. The number of carbonyl (C=O) groups is 1. The molecule has 2 heterocycles. The number of benzene rings is 2. The van der Waals surface area contributed by atoms with Gasteiger partial charge < -0.3 is 10.1 Å². The van der Waals surface area contributed by atoms with Crippen molar-refractivity contribution in [1.29, 1.82) is 0 Å². The van der Waals surface area contributed by atoms with Gasteiger partial charge in [0.05, 0.1) is 7.11 Å². The van der Waals surface area contributed by atoms with Crippen LogP contribution < -0.4 is 15.6 Å². The Morgan fingerprint density at radius 3 is 2.42 bits per heavy atom. The van der Waals surface area contributed by atoms with Crippen LogP contribution in [0.1, 0.15) is 23.4 Å². The van der Waals surface area contributed by atoms with Gasteiger partial charge in [-0.05, 0) is 61.4 Å². The van der Waals surface area contributed by atoms with E-state index in [0.717, 1.165) is 16.8 Å². The molecule has 158 valence electrons. The Hall–Kier alpha value is -3.94. The zero-order valence-electron chi connectivity index (χ0n) is 17.6. The number of nitrogens with one attached hydrogen (secondary N) is 1. The van der Waals surface area contributed by atoms with E-state index in [4.69, 9.17) is 4.74 Å². The van der Waals surface area contributed by atoms with Crippen molar-refractivity contribution in [3.05, 3.63) is 82.2 Å². The molecule has 2 aromatic heterocycles. The highest BCUT2D eigenvalue weighted by molar-refractivity contribution is 5.91. The Labute approximate surface area is 179 Å². The third-order valence-electron chi connectivity index (χ3n) is 4.97. The van der Waals surface area contributed by atoms with Gasteiger partial charge >= 0.3 is 5.56 Å². The fourth-order valence-electron chi connectivity index (χ4n) is 3.55. The Morgan fingerprint density at radius 2 is 1.74 bits per heavy atom. The predicted octanol–water partition coefficient (Wildman–Crippen LogP) is 3.08. The molecule has 8 heteroatoms. The maximum atomic E-state index is 12.9. The molecule has 31 heavy (non-hydrogen) atoms. The standard InChI is InChI=1S/C23H23N5O3/c1-15-12-16(2)14-17(13-15)24-21(29)9-8-20-25-26-22-23(30)27(10-11-28(20)22)18-4-6-19(31-3)7-5-18/h4-7,10-14H,8-9H2,1-3H3,(H,24,29). The van der Waals surface area contributed by atoms with Crippen molar-refractivity contribution >= 4 is 17.2 Å². The van der Waals surface area contributed by atoms with Crippen LogP contribution in [0.25, 0.3) is 11.3 Å². The Bertz CT molecular complexity index is 1290. The molecule has 0 radical (unpaired) electrons. The van der Waals surface area contributed by atoms with Gasteiger partial charge in [0.25, 0.3) is 0 Å². The molecule has 0 unspecified atom stereocenters. The van der Waals surface area contributed by atoms with Crippen LogP contribution in [0.5, 0.6) is 5.75 Å². The maximum absolute atomic E-state index is 12.9. The lowest BCUT2D eigenvalue weighted by atomic mass is 10.1. The molecular weight excluding hydrogens is 394 g/mol. The fraction of sp³-hybridized carbons (Fsp3) is 0.217.